The molecule has 10 nitrogen and oxygen atoms in total. The Bertz CT molecular complexity index is 1010. The molecule has 27 heavy (non-hydrogen) atoms. The van der Waals surface area contributed by atoms with Gasteiger partial charge in [-0.25, -0.2) is 9.67 Å². The first-order chi connectivity index (χ1) is 13.0. The maximum atomic E-state index is 12.8. The molecule has 1 aliphatic rings. The highest BCUT2D eigenvalue weighted by atomic mass is 16.6. The van der Waals surface area contributed by atoms with Gasteiger partial charge in [0.15, 0.2) is 11.9 Å². The molecular formula is C17H18N4O6. The zero-order chi connectivity index (χ0) is 19.1. The zero-order valence-corrected chi connectivity index (χ0v) is 14.3. The van der Waals surface area contributed by atoms with Crippen molar-refractivity contribution in [2.75, 3.05) is 13.7 Å². The molecule has 0 unspecified atom stereocenters. The molecule has 0 spiro atoms. The molecule has 1 aliphatic heterocycles. The Morgan fingerprint density at radius 2 is 1.96 bits per heavy atom. The number of ether oxygens (including phenoxy) is 2. The molecule has 4 atom stereocenters. The first-order valence-electron chi connectivity index (χ1n) is 8.27. The Morgan fingerprint density at radius 3 is 2.59 bits per heavy atom. The van der Waals surface area contributed by atoms with E-state index in [0.29, 0.717) is 11.4 Å². The number of aromatic nitrogens is 4. The molecule has 0 radical (unpaired) electrons. The van der Waals surface area contributed by atoms with Crippen LogP contribution in [0.4, 0.5) is 0 Å². The van der Waals surface area contributed by atoms with E-state index >= 15 is 0 Å². The minimum Gasteiger partial charge on any atom is -0.497 e. The lowest BCUT2D eigenvalue weighted by molar-refractivity contribution is -0.0566. The average molecular weight is 374 g/mol. The fourth-order valence-corrected chi connectivity index (χ4v) is 3.12. The van der Waals surface area contributed by atoms with Crippen molar-refractivity contribution in [2.24, 2.45) is 0 Å². The number of rotatable bonds is 4. The number of benzene rings is 1. The third kappa shape index (κ3) is 2.79. The molecule has 0 bridgehead atoms. The molecule has 10 heteroatoms. The minimum absolute atomic E-state index is 0.208. The fraction of sp³-hybridized carbons (Fsp3) is 0.353. The summed E-state index contributed by atoms with van der Waals surface area (Å²) in [5, 5.41) is 33.6. The largest absolute Gasteiger partial charge is 0.497 e. The van der Waals surface area contributed by atoms with E-state index in [9.17, 15) is 20.1 Å². The number of hydrogen-bond donors (Lipinski definition) is 3. The Morgan fingerprint density at radius 1 is 1.22 bits per heavy atom. The Balaban J connectivity index is 1.75. The van der Waals surface area contributed by atoms with Crippen LogP contribution in [0.25, 0.3) is 16.7 Å². The van der Waals surface area contributed by atoms with Crippen LogP contribution in [-0.4, -0.2) is 66.7 Å². The average Bonchev–Trinajstić information content (AvgIpc) is 3.24. The number of methoxy groups -OCH3 is 1. The van der Waals surface area contributed by atoms with Gasteiger partial charge >= 0.3 is 0 Å². The molecule has 0 aliphatic carbocycles. The van der Waals surface area contributed by atoms with E-state index < -0.39 is 31.1 Å². The second-order valence-electron chi connectivity index (χ2n) is 6.17. The van der Waals surface area contributed by atoms with Gasteiger partial charge in [0, 0.05) is 0 Å². The molecule has 3 aromatic rings. The van der Waals surface area contributed by atoms with Crippen LogP contribution >= 0.6 is 0 Å². The molecule has 0 amide bonds. The lowest BCUT2D eigenvalue weighted by Gasteiger charge is -2.15. The first kappa shape index (κ1) is 17.6. The SMILES string of the molecule is COc1ccc(-n2cnc3c(cnn3[C@H]3O[C@@H](CO)[C@@H](O)[C@@H]3O)c2=O)cc1. The summed E-state index contributed by atoms with van der Waals surface area (Å²) in [5.74, 6) is 0.665. The van der Waals surface area contributed by atoms with Crippen molar-refractivity contribution in [3.63, 3.8) is 0 Å². The second kappa shape index (κ2) is 6.74. The summed E-state index contributed by atoms with van der Waals surface area (Å²) in [7, 11) is 1.56. The van der Waals surface area contributed by atoms with Gasteiger partial charge in [-0.15, -0.1) is 0 Å². The summed E-state index contributed by atoms with van der Waals surface area (Å²) >= 11 is 0. The van der Waals surface area contributed by atoms with Gasteiger partial charge in [-0.2, -0.15) is 5.10 Å². The molecule has 142 valence electrons. The zero-order valence-electron chi connectivity index (χ0n) is 14.3. The van der Waals surface area contributed by atoms with Gasteiger partial charge in [0.2, 0.25) is 0 Å². The van der Waals surface area contributed by atoms with E-state index in [2.05, 4.69) is 10.1 Å². The standard InChI is InChI=1S/C17H18N4O6/c1-26-10-4-2-9(3-5-10)20-8-18-15-11(16(20)25)6-19-21(15)17-14(24)13(23)12(7-22)27-17/h2-6,8,12-14,17,22-24H,7H2,1H3/t12-,13+,14-,17-/m0/s1. The van der Waals surface area contributed by atoms with E-state index in [1.807, 2.05) is 0 Å². The summed E-state index contributed by atoms with van der Waals surface area (Å²) in [6, 6.07) is 6.91. The van der Waals surface area contributed by atoms with Crippen molar-refractivity contribution in [1.29, 1.82) is 0 Å². The van der Waals surface area contributed by atoms with Crippen LogP contribution in [0.2, 0.25) is 0 Å². The summed E-state index contributed by atoms with van der Waals surface area (Å²) < 4.78 is 13.2. The molecule has 1 saturated heterocycles. The third-order valence-electron chi connectivity index (χ3n) is 4.62. The lowest BCUT2D eigenvalue weighted by Crippen LogP contribution is -2.33. The number of hydrogen-bond acceptors (Lipinski definition) is 8. The molecular weight excluding hydrogens is 356 g/mol. The Labute approximate surface area is 152 Å². The number of fused-ring (bicyclic) bond motifs is 1. The topological polar surface area (TPSA) is 132 Å². The summed E-state index contributed by atoms with van der Waals surface area (Å²) in [6.07, 6.45) is -1.89. The fourth-order valence-electron chi connectivity index (χ4n) is 3.12. The maximum Gasteiger partial charge on any atom is 0.269 e. The molecule has 2 aromatic heterocycles. The smallest absolute Gasteiger partial charge is 0.269 e. The van der Waals surface area contributed by atoms with Gasteiger partial charge in [0.05, 0.1) is 25.6 Å². The Hall–Kier alpha value is -2.79. The Kier molecular flexibility index (Phi) is 4.40. The van der Waals surface area contributed by atoms with Crippen molar-refractivity contribution in [2.45, 2.75) is 24.5 Å². The summed E-state index contributed by atoms with van der Waals surface area (Å²) in [4.78, 5) is 17.1. The molecule has 4 rings (SSSR count). The van der Waals surface area contributed by atoms with Gasteiger partial charge in [0.1, 0.15) is 35.8 Å². The number of aliphatic hydroxyl groups is 3. The van der Waals surface area contributed by atoms with E-state index in [1.54, 1.807) is 31.4 Å². The number of nitrogens with zero attached hydrogens (tertiary/aromatic N) is 4. The monoisotopic (exact) mass is 374 g/mol. The molecule has 3 N–H and O–H groups in total. The van der Waals surface area contributed by atoms with Gasteiger partial charge in [-0.05, 0) is 24.3 Å². The van der Waals surface area contributed by atoms with Crippen LogP contribution in [0.5, 0.6) is 5.75 Å². The van der Waals surface area contributed by atoms with Gasteiger partial charge in [-0.3, -0.25) is 9.36 Å². The highest BCUT2D eigenvalue weighted by Crippen LogP contribution is 2.30. The van der Waals surface area contributed by atoms with Gasteiger partial charge in [-0.1, -0.05) is 0 Å². The van der Waals surface area contributed by atoms with Crippen molar-refractivity contribution in [3.05, 3.63) is 47.1 Å². The summed E-state index contributed by atoms with van der Waals surface area (Å²) in [6.45, 7) is -0.453. The van der Waals surface area contributed by atoms with E-state index in [-0.39, 0.29) is 16.6 Å². The van der Waals surface area contributed by atoms with Crippen LogP contribution in [0, 0.1) is 0 Å². The van der Waals surface area contributed by atoms with Crippen LogP contribution < -0.4 is 10.3 Å². The van der Waals surface area contributed by atoms with Crippen molar-refractivity contribution in [3.8, 4) is 11.4 Å². The van der Waals surface area contributed by atoms with Gasteiger partial charge in [0.25, 0.3) is 5.56 Å². The van der Waals surface area contributed by atoms with Crippen LogP contribution in [0.1, 0.15) is 6.23 Å². The van der Waals surface area contributed by atoms with E-state index in [1.165, 1.54) is 21.8 Å². The van der Waals surface area contributed by atoms with E-state index in [4.69, 9.17) is 9.47 Å². The van der Waals surface area contributed by atoms with Crippen molar-refractivity contribution >= 4 is 11.0 Å². The van der Waals surface area contributed by atoms with Crippen molar-refractivity contribution < 1.29 is 24.8 Å². The lowest BCUT2D eigenvalue weighted by atomic mass is 10.1. The van der Waals surface area contributed by atoms with Crippen molar-refractivity contribution in [1.82, 2.24) is 19.3 Å². The van der Waals surface area contributed by atoms with Crippen LogP contribution in [0.15, 0.2) is 41.6 Å². The van der Waals surface area contributed by atoms with E-state index in [0.717, 1.165) is 0 Å². The summed E-state index contributed by atoms with van der Waals surface area (Å²) in [5.41, 5.74) is 0.471. The molecule has 0 saturated carbocycles. The van der Waals surface area contributed by atoms with Gasteiger partial charge < -0.3 is 24.8 Å². The third-order valence-corrected chi connectivity index (χ3v) is 4.62. The molecule has 1 aromatic carbocycles. The molecule has 1 fully saturated rings. The normalized spacial score (nSPS) is 25.2. The predicted molar refractivity (Wildman–Crippen MR) is 92.7 cm³/mol. The molecule has 3 heterocycles. The predicted octanol–water partition coefficient (Wildman–Crippen LogP) is -0.798. The quantitative estimate of drug-likeness (QED) is 0.541. The second-order valence-corrected chi connectivity index (χ2v) is 6.17. The highest BCUT2D eigenvalue weighted by molar-refractivity contribution is 5.73. The highest BCUT2D eigenvalue weighted by Gasteiger charge is 2.44. The van der Waals surface area contributed by atoms with Crippen LogP contribution in [-0.2, 0) is 4.74 Å². The number of aliphatic hydroxyl groups excluding tert-OH is 3. The maximum absolute atomic E-state index is 12.8. The van der Waals surface area contributed by atoms with Crippen LogP contribution in [0.3, 0.4) is 0 Å². The minimum atomic E-state index is -1.31. The first-order valence-corrected chi connectivity index (χ1v) is 8.27.